The number of carbonyl (C=O) groups excluding carboxylic acids is 2. The summed E-state index contributed by atoms with van der Waals surface area (Å²) >= 11 is 5.79. The Kier molecular flexibility index (Phi) is 10.8. The van der Waals surface area contributed by atoms with Gasteiger partial charge in [0.1, 0.15) is 17.4 Å². The van der Waals surface area contributed by atoms with Crippen molar-refractivity contribution in [2.75, 3.05) is 6.54 Å². The summed E-state index contributed by atoms with van der Waals surface area (Å²) in [4.78, 5) is 33.3. The number of carbonyl (C=O) groups is 3. The molecule has 0 aliphatic heterocycles. The van der Waals surface area contributed by atoms with Gasteiger partial charge in [-0.2, -0.15) is 0 Å². The Morgan fingerprint density at radius 3 is 2.00 bits per heavy atom. The molecular formula is C23H29ClN2O6. The van der Waals surface area contributed by atoms with Gasteiger partial charge in [0.25, 0.3) is 0 Å². The molecule has 0 saturated heterocycles. The minimum Gasteiger partial charge on any atom is -0.546 e. The summed E-state index contributed by atoms with van der Waals surface area (Å²) in [6, 6.07) is 12.2. The molecule has 0 bridgehead atoms. The lowest BCUT2D eigenvalue weighted by atomic mass is 10.0. The van der Waals surface area contributed by atoms with Gasteiger partial charge in [-0.05, 0) is 81.6 Å². The molecule has 6 N–H and O–H groups in total. The minimum absolute atomic E-state index is 0.151. The largest absolute Gasteiger partial charge is 0.546 e. The van der Waals surface area contributed by atoms with Gasteiger partial charge in [0.15, 0.2) is 5.78 Å². The Labute approximate surface area is 192 Å². The van der Waals surface area contributed by atoms with Gasteiger partial charge in [-0.25, -0.2) is 0 Å². The zero-order valence-corrected chi connectivity index (χ0v) is 18.9. The maximum atomic E-state index is 12.3. The van der Waals surface area contributed by atoms with Crippen LogP contribution in [0.5, 0.6) is 5.75 Å². The van der Waals surface area contributed by atoms with Crippen molar-refractivity contribution in [3.8, 4) is 5.75 Å². The molecule has 0 radical (unpaired) electrons. The number of ether oxygens (including phenoxy) is 1. The summed E-state index contributed by atoms with van der Waals surface area (Å²) in [5, 5.41) is 19.8. The standard InChI is InChI=1S/C17H15ClO4.C6H14N2O2/c1-17(2,16(20)21)22-14-9-5-12(6-10-14)15(19)11-3-7-13(18)8-4-11;7-4-2-1-3-5(8)6(9)10/h3-10H,1-2H3,(H,20,21);5H,1-4,7-8H2,(H,9,10)/t;5-/m.0/s1. The molecule has 0 unspecified atom stereocenters. The van der Waals surface area contributed by atoms with E-state index >= 15 is 0 Å². The molecule has 2 rings (SSSR count). The van der Waals surface area contributed by atoms with Crippen molar-refractivity contribution in [3.05, 3.63) is 64.7 Å². The molecule has 32 heavy (non-hydrogen) atoms. The van der Waals surface area contributed by atoms with Crippen LogP contribution in [-0.2, 0) is 9.59 Å². The average Bonchev–Trinajstić information content (AvgIpc) is 2.74. The maximum Gasteiger partial charge on any atom is 0.320 e. The monoisotopic (exact) mass is 464 g/mol. The fraction of sp³-hybridized carbons (Fsp3) is 0.348. The van der Waals surface area contributed by atoms with Crippen molar-refractivity contribution >= 4 is 29.3 Å². The van der Waals surface area contributed by atoms with E-state index in [-0.39, 0.29) is 5.78 Å². The number of hydrogen-bond acceptors (Lipinski definition) is 6. The van der Waals surface area contributed by atoms with Crippen molar-refractivity contribution in [2.45, 2.75) is 44.8 Å². The molecule has 0 amide bonds. The molecule has 1 atom stereocenters. The van der Waals surface area contributed by atoms with E-state index in [1.807, 2.05) is 0 Å². The summed E-state index contributed by atoms with van der Waals surface area (Å²) < 4.78 is 5.33. The lowest BCUT2D eigenvalue weighted by molar-refractivity contribution is -0.368. The summed E-state index contributed by atoms with van der Waals surface area (Å²) in [5.41, 5.74) is 8.43. The quantitative estimate of drug-likeness (QED) is 0.353. The highest BCUT2D eigenvalue weighted by molar-refractivity contribution is 6.30. The Balaban J connectivity index is 0.000000433. The Bertz CT molecular complexity index is 898. The van der Waals surface area contributed by atoms with E-state index in [4.69, 9.17) is 27.2 Å². The van der Waals surface area contributed by atoms with Gasteiger partial charge in [0.2, 0.25) is 0 Å². The van der Waals surface area contributed by atoms with Crippen molar-refractivity contribution in [3.63, 3.8) is 0 Å². The number of hydrogen-bond donors (Lipinski definition) is 3. The van der Waals surface area contributed by atoms with Crippen molar-refractivity contribution in [1.29, 1.82) is 0 Å². The van der Waals surface area contributed by atoms with Gasteiger partial charge in [-0.3, -0.25) is 9.59 Å². The second-order valence-electron chi connectivity index (χ2n) is 7.55. The van der Waals surface area contributed by atoms with E-state index in [1.165, 1.54) is 13.8 Å². The van der Waals surface area contributed by atoms with Gasteiger partial charge in [0.05, 0.1) is 12.5 Å². The van der Waals surface area contributed by atoms with Gasteiger partial charge < -0.3 is 31.2 Å². The third-order valence-electron chi connectivity index (χ3n) is 4.42. The maximum absolute atomic E-state index is 12.3. The molecule has 2 aromatic rings. The highest BCUT2D eigenvalue weighted by Crippen LogP contribution is 2.20. The average molecular weight is 465 g/mol. The van der Waals surface area contributed by atoms with Gasteiger partial charge in [-0.15, -0.1) is 0 Å². The summed E-state index contributed by atoms with van der Waals surface area (Å²) in [7, 11) is 0. The summed E-state index contributed by atoms with van der Waals surface area (Å²) in [6.07, 6.45) is 2.38. The first-order chi connectivity index (χ1) is 15.0. The van der Waals surface area contributed by atoms with E-state index in [0.29, 0.717) is 28.3 Å². The number of unbranched alkanes of at least 4 members (excludes halogenated alkanes) is 1. The molecule has 9 heteroatoms. The molecule has 8 nitrogen and oxygen atoms in total. The van der Waals surface area contributed by atoms with E-state index in [0.717, 1.165) is 19.4 Å². The van der Waals surface area contributed by atoms with Gasteiger partial charge >= 0.3 is 5.97 Å². The zero-order chi connectivity index (χ0) is 24.3. The Morgan fingerprint density at radius 1 is 1.06 bits per heavy atom. The van der Waals surface area contributed by atoms with Crippen molar-refractivity contribution in [1.82, 2.24) is 0 Å². The van der Waals surface area contributed by atoms with Crippen LogP contribution < -0.4 is 21.3 Å². The van der Waals surface area contributed by atoms with E-state index < -0.39 is 23.6 Å². The number of carboxylic acids is 2. The number of rotatable bonds is 10. The topological polar surface area (TPSA) is 157 Å². The van der Waals surface area contributed by atoms with Crippen LogP contribution in [0.3, 0.4) is 0 Å². The number of benzene rings is 2. The van der Waals surface area contributed by atoms with Crippen LogP contribution in [0.15, 0.2) is 48.5 Å². The smallest absolute Gasteiger partial charge is 0.320 e. The predicted molar refractivity (Wildman–Crippen MR) is 118 cm³/mol. The lowest BCUT2D eigenvalue weighted by Crippen LogP contribution is -2.50. The van der Waals surface area contributed by atoms with Crippen LogP contribution in [0.1, 0.15) is 49.0 Å². The second-order valence-corrected chi connectivity index (χ2v) is 7.99. The number of quaternary nitrogens is 1. The summed E-state index contributed by atoms with van der Waals surface area (Å²) in [5.74, 6) is -2.03. The first kappa shape index (κ1) is 27.1. The number of nitrogens with two attached hydrogens (primary N) is 1. The molecule has 0 aromatic heterocycles. The molecule has 0 aliphatic carbocycles. The number of halogens is 1. The third kappa shape index (κ3) is 9.05. The minimum atomic E-state index is -1.44. The van der Waals surface area contributed by atoms with Crippen LogP contribution in [0.2, 0.25) is 5.02 Å². The van der Waals surface area contributed by atoms with Crippen molar-refractivity contribution < 1.29 is 35.1 Å². The first-order valence-electron chi connectivity index (χ1n) is 10.1. The van der Waals surface area contributed by atoms with E-state index in [2.05, 4.69) is 5.73 Å². The van der Waals surface area contributed by atoms with Crippen LogP contribution in [-0.4, -0.2) is 41.0 Å². The molecule has 0 spiro atoms. The fourth-order valence-electron chi connectivity index (χ4n) is 2.44. The second kappa shape index (κ2) is 12.8. The predicted octanol–water partition coefficient (Wildman–Crippen LogP) is 1.29. The number of aliphatic carboxylic acids is 2. The molecular weight excluding hydrogens is 436 g/mol. The number of ketones is 1. The third-order valence-corrected chi connectivity index (χ3v) is 4.67. The molecule has 0 fully saturated rings. The highest BCUT2D eigenvalue weighted by Gasteiger charge is 2.21. The highest BCUT2D eigenvalue weighted by atomic mass is 35.5. The Morgan fingerprint density at radius 2 is 1.56 bits per heavy atom. The van der Waals surface area contributed by atoms with Gasteiger partial charge in [0, 0.05) is 16.1 Å². The van der Waals surface area contributed by atoms with E-state index in [9.17, 15) is 19.5 Å². The normalized spacial score (nSPS) is 11.7. The molecule has 174 valence electrons. The van der Waals surface area contributed by atoms with Crippen LogP contribution in [0.25, 0.3) is 0 Å². The van der Waals surface area contributed by atoms with Crippen molar-refractivity contribution in [2.24, 2.45) is 5.73 Å². The zero-order valence-electron chi connectivity index (χ0n) is 18.2. The van der Waals surface area contributed by atoms with Crippen LogP contribution in [0.4, 0.5) is 0 Å². The molecule has 2 aromatic carbocycles. The number of carboxylic acid groups (broad SMARTS) is 2. The Hall–Kier alpha value is -2.94. The lowest BCUT2D eigenvalue weighted by Gasteiger charge is -2.27. The van der Waals surface area contributed by atoms with E-state index in [1.54, 1.807) is 48.5 Å². The SMILES string of the molecule is CC(C)(Oc1ccc(C(=O)c2ccc(Cl)cc2)cc1)C(=O)[O-].N[C@@H](CCCC[NH3+])C(=O)O. The molecule has 0 saturated carbocycles. The van der Waals surface area contributed by atoms with Crippen LogP contribution >= 0.6 is 11.6 Å². The first-order valence-corrected chi connectivity index (χ1v) is 10.4. The fourth-order valence-corrected chi connectivity index (χ4v) is 2.57. The molecule has 0 aliphatic rings. The van der Waals surface area contributed by atoms with Gasteiger partial charge in [-0.1, -0.05) is 11.6 Å². The summed E-state index contributed by atoms with van der Waals surface area (Å²) in [6.45, 7) is 3.65. The van der Waals surface area contributed by atoms with Crippen LogP contribution in [0, 0.1) is 0 Å². The molecule has 0 heterocycles.